The van der Waals surface area contributed by atoms with Crippen LogP contribution in [0.15, 0.2) is 42.5 Å². The van der Waals surface area contributed by atoms with Gasteiger partial charge in [0.25, 0.3) is 0 Å². The highest BCUT2D eigenvalue weighted by molar-refractivity contribution is 5.87. The summed E-state index contributed by atoms with van der Waals surface area (Å²) >= 11 is 0. The molecule has 0 aliphatic carbocycles. The maximum Gasteiger partial charge on any atom is 0.411 e. The molecule has 0 spiro atoms. The Hall–Kier alpha value is -3.02. The Kier molecular flexibility index (Phi) is 3.65. The number of rotatable bonds is 4. The van der Waals surface area contributed by atoms with Crippen LogP contribution in [0.1, 0.15) is 11.1 Å². The quantitative estimate of drug-likeness (QED) is 0.687. The maximum atomic E-state index is 10.7. The average Bonchev–Trinajstić information content (AvgIpc) is 2.90. The fraction of sp³-hybridized carbons (Fsp3) is 0.125. The van der Waals surface area contributed by atoms with Crippen molar-refractivity contribution in [2.24, 2.45) is 0 Å². The van der Waals surface area contributed by atoms with Crippen LogP contribution in [-0.2, 0) is 6.61 Å². The van der Waals surface area contributed by atoms with Crippen molar-refractivity contribution in [3.8, 4) is 5.75 Å². The molecule has 22 heavy (non-hydrogen) atoms. The first-order valence-corrected chi connectivity index (χ1v) is 6.79. The number of H-pyrrole nitrogens is 1. The molecule has 6 heteroatoms. The van der Waals surface area contributed by atoms with Crippen LogP contribution in [0.5, 0.6) is 5.75 Å². The lowest BCUT2D eigenvalue weighted by Gasteiger charge is -2.09. The molecule has 0 aliphatic rings. The number of hydrogen-bond acceptors (Lipinski definition) is 3. The number of ether oxygens (including phenoxy) is 1. The molecule has 1 aromatic heterocycles. The molecule has 0 unspecified atom stereocenters. The van der Waals surface area contributed by atoms with E-state index in [1.165, 1.54) is 0 Å². The van der Waals surface area contributed by atoms with Gasteiger partial charge in [-0.15, -0.1) is 0 Å². The molecular formula is C16H15N3O3. The molecule has 3 N–H and O–H groups in total. The first-order valence-electron chi connectivity index (χ1n) is 6.79. The predicted molar refractivity (Wildman–Crippen MR) is 83.3 cm³/mol. The van der Waals surface area contributed by atoms with Crippen LogP contribution in [0.3, 0.4) is 0 Å². The Morgan fingerprint density at radius 3 is 2.77 bits per heavy atom. The Morgan fingerprint density at radius 2 is 2.05 bits per heavy atom. The minimum Gasteiger partial charge on any atom is -0.489 e. The average molecular weight is 297 g/mol. The zero-order valence-electron chi connectivity index (χ0n) is 12.0. The summed E-state index contributed by atoms with van der Waals surface area (Å²) in [6.07, 6.45) is -1.16. The van der Waals surface area contributed by atoms with Crippen LogP contribution in [-0.4, -0.2) is 21.2 Å². The van der Waals surface area contributed by atoms with Crippen molar-refractivity contribution in [2.45, 2.75) is 13.5 Å². The van der Waals surface area contributed by atoms with E-state index in [1.54, 1.807) is 0 Å². The SMILES string of the molecule is Cc1c(OCc2ccccc2)ccc2[nH]c(NC(=O)O)nc12. The Morgan fingerprint density at radius 1 is 1.27 bits per heavy atom. The molecular weight excluding hydrogens is 282 g/mol. The molecule has 0 saturated heterocycles. The number of carbonyl (C=O) groups is 1. The minimum absolute atomic E-state index is 0.200. The highest BCUT2D eigenvalue weighted by Gasteiger charge is 2.11. The van der Waals surface area contributed by atoms with Gasteiger partial charge in [0.05, 0.1) is 11.0 Å². The standard InChI is InChI=1S/C16H15N3O3/c1-10-13(22-9-11-5-3-2-4-6-11)8-7-12-14(10)18-15(17-12)19-16(20)21/h2-8H,9H2,1H3,(H,20,21)(H2,17,18,19). The Bertz CT molecular complexity index is 812. The van der Waals surface area contributed by atoms with E-state index in [-0.39, 0.29) is 5.95 Å². The molecule has 1 heterocycles. The van der Waals surface area contributed by atoms with Crippen molar-refractivity contribution in [3.63, 3.8) is 0 Å². The minimum atomic E-state index is -1.16. The van der Waals surface area contributed by atoms with E-state index in [4.69, 9.17) is 9.84 Å². The number of aromatic nitrogens is 2. The van der Waals surface area contributed by atoms with Crippen LogP contribution >= 0.6 is 0 Å². The Labute approximate surface area is 126 Å². The molecule has 0 aliphatic heterocycles. The number of amides is 1. The van der Waals surface area contributed by atoms with E-state index in [0.29, 0.717) is 12.1 Å². The van der Waals surface area contributed by atoms with E-state index < -0.39 is 6.09 Å². The number of nitrogens with one attached hydrogen (secondary N) is 2. The summed E-state index contributed by atoms with van der Waals surface area (Å²) in [7, 11) is 0. The van der Waals surface area contributed by atoms with Crippen LogP contribution in [0.2, 0.25) is 0 Å². The Balaban J connectivity index is 1.84. The molecule has 3 aromatic rings. The van der Waals surface area contributed by atoms with Crippen molar-refractivity contribution in [3.05, 3.63) is 53.6 Å². The third-order valence-corrected chi connectivity index (χ3v) is 3.32. The van der Waals surface area contributed by atoms with E-state index in [1.807, 2.05) is 49.4 Å². The molecule has 2 aromatic carbocycles. The number of aryl methyl sites for hydroxylation is 1. The third-order valence-electron chi connectivity index (χ3n) is 3.32. The van der Waals surface area contributed by atoms with Crippen LogP contribution in [0.4, 0.5) is 10.7 Å². The number of benzene rings is 2. The summed E-state index contributed by atoms with van der Waals surface area (Å²) in [6, 6.07) is 13.6. The maximum absolute atomic E-state index is 10.7. The molecule has 6 nitrogen and oxygen atoms in total. The number of nitrogens with zero attached hydrogens (tertiary/aromatic N) is 1. The fourth-order valence-electron chi connectivity index (χ4n) is 2.25. The normalized spacial score (nSPS) is 10.6. The van der Waals surface area contributed by atoms with Gasteiger partial charge in [0.1, 0.15) is 12.4 Å². The van der Waals surface area contributed by atoms with E-state index in [0.717, 1.165) is 22.4 Å². The monoisotopic (exact) mass is 297 g/mol. The van der Waals surface area contributed by atoms with Gasteiger partial charge in [0.15, 0.2) is 0 Å². The molecule has 0 atom stereocenters. The molecule has 1 amide bonds. The topological polar surface area (TPSA) is 87.2 Å². The largest absolute Gasteiger partial charge is 0.489 e. The lowest BCUT2D eigenvalue weighted by molar-refractivity contribution is 0.209. The molecule has 112 valence electrons. The molecule has 0 saturated carbocycles. The smallest absolute Gasteiger partial charge is 0.411 e. The van der Waals surface area contributed by atoms with Gasteiger partial charge >= 0.3 is 6.09 Å². The fourth-order valence-corrected chi connectivity index (χ4v) is 2.25. The third kappa shape index (κ3) is 2.85. The van der Waals surface area contributed by atoms with Gasteiger partial charge in [-0.05, 0) is 24.6 Å². The summed E-state index contributed by atoms with van der Waals surface area (Å²) in [6.45, 7) is 2.37. The number of aromatic amines is 1. The summed E-state index contributed by atoms with van der Waals surface area (Å²) in [5.41, 5.74) is 3.39. The number of hydrogen-bond donors (Lipinski definition) is 3. The van der Waals surface area contributed by atoms with Crippen molar-refractivity contribution in [1.29, 1.82) is 0 Å². The zero-order valence-corrected chi connectivity index (χ0v) is 12.0. The van der Waals surface area contributed by atoms with Gasteiger partial charge in [-0.2, -0.15) is 0 Å². The number of anilines is 1. The molecule has 0 fully saturated rings. The number of fused-ring (bicyclic) bond motifs is 1. The summed E-state index contributed by atoms with van der Waals surface area (Å²) < 4.78 is 5.83. The second kappa shape index (κ2) is 5.77. The summed E-state index contributed by atoms with van der Waals surface area (Å²) in [5, 5.41) is 10.9. The van der Waals surface area contributed by atoms with E-state index >= 15 is 0 Å². The van der Waals surface area contributed by atoms with Crippen molar-refractivity contribution >= 4 is 23.1 Å². The first-order chi connectivity index (χ1) is 10.6. The highest BCUT2D eigenvalue weighted by Crippen LogP contribution is 2.27. The van der Waals surface area contributed by atoms with Gasteiger partial charge < -0.3 is 14.8 Å². The van der Waals surface area contributed by atoms with Gasteiger partial charge in [0, 0.05) is 5.56 Å². The second-order valence-corrected chi connectivity index (χ2v) is 4.87. The van der Waals surface area contributed by atoms with Crippen molar-refractivity contribution in [2.75, 3.05) is 5.32 Å². The zero-order chi connectivity index (χ0) is 15.5. The molecule has 3 rings (SSSR count). The van der Waals surface area contributed by atoms with E-state index in [9.17, 15) is 4.79 Å². The highest BCUT2D eigenvalue weighted by atomic mass is 16.5. The van der Waals surface area contributed by atoms with Gasteiger partial charge in [-0.25, -0.2) is 9.78 Å². The predicted octanol–water partition coefficient (Wildman–Crippen LogP) is 3.54. The van der Waals surface area contributed by atoms with Crippen molar-refractivity contribution in [1.82, 2.24) is 9.97 Å². The summed E-state index contributed by atoms with van der Waals surface area (Å²) in [4.78, 5) is 17.8. The summed E-state index contributed by atoms with van der Waals surface area (Å²) in [5.74, 6) is 0.926. The molecule has 0 bridgehead atoms. The lowest BCUT2D eigenvalue weighted by atomic mass is 10.2. The number of carboxylic acid groups (broad SMARTS) is 1. The first kappa shape index (κ1) is 13.9. The molecule has 0 radical (unpaired) electrons. The van der Waals surface area contributed by atoms with Crippen LogP contribution in [0.25, 0.3) is 11.0 Å². The second-order valence-electron chi connectivity index (χ2n) is 4.87. The van der Waals surface area contributed by atoms with Gasteiger partial charge in [-0.1, -0.05) is 30.3 Å². The number of imidazole rings is 1. The van der Waals surface area contributed by atoms with Crippen LogP contribution < -0.4 is 10.1 Å². The van der Waals surface area contributed by atoms with Gasteiger partial charge in [-0.3, -0.25) is 5.32 Å². The lowest BCUT2D eigenvalue weighted by Crippen LogP contribution is -2.08. The van der Waals surface area contributed by atoms with Crippen LogP contribution in [0, 0.1) is 6.92 Å². The van der Waals surface area contributed by atoms with Gasteiger partial charge in [0.2, 0.25) is 5.95 Å². The van der Waals surface area contributed by atoms with Crippen molar-refractivity contribution < 1.29 is 14.6 Å². The van der Waals surface area contributed by atoms with E-state index in [2.05, 4.69) is 15.3 Å².